The molecule has 1 unspecified atom stereocenters. The third-order valence-corrected chi connectivity index (χ3v) is 5.07. The number of likely N-dealkylation sites (tertiary alicyclic amines) is 1. The van der Waals surface area contributed by atoms with Gasteiger partial charge in [-0.3, -0.25) is 0 Å². The third kappa shape index (κ3) is 5.11. The second-order valence-electron chi connectivity index (χ2n) is 7.15. The number of urea groups is 1. The van der Waals surface area contributed by atoms with Gasteiger partial charge in [-0.15, -0.1) is 0 Å². The number of hydrogen-bond acceptors (Lipinski definition) is 6. The Morgan fingerprint density at radius 3 is 2.68 bits per heavy atom. The van der Waals surface area contributed by atoms with Crippen LogP contribution >= 0.6 is 0 Å². The van der Waals surface area contributed by atoms with Crippen molar-refractivity contribution in [3.8, 4) is 11.5 Å². The Morgan fingerprint density at radius 1 is 1.19 bits per heavy atom. The molecule has 2 heterocycles. The molecule has 3 aromatic rings. The summed E-state index contributed by atoms with van der Waals surface area (Å²) in [6.07, 6.45) is 1.62. The molecule has 2 amide bonds. The zero-order valence-electron chi connectivity index (χ0n) is 17.1. The van der Waals surface area contributed by atoms with E-state index in [-0.39, 0.29) is 24.5 Å². The molecule has 0 radical (unpaired) electrons. The van der Waals surface area contributed by atoms with Crippen molar-refractivity contribution in [1.82, 2.24) is 20.4 Å². The molecule has 1 saturated heterocycles. The van der Waals surface area contributed by atoms with E-state index in [2.05, 4.69) is 15.5 Å². The summed E-state index contributed by atoms with van der Waals surface area (Å²) in [6, 6.07) is 12.8. The summed E-state index contributed by atoms with van der Waals surface area (Å²) in [4.78, 5) is 18.8. The summed E-state index contributed by atoms with van der Waals surface area (Å²) in [6.45, 7) is 1.10. The molecule has 1 atom stereocenters. The molecule has 1 aliphatic heterocycles. The van der Waals surface area contributed by atoms with E-state index < -0.39 is 0 Å². The summed E-state index contributed by atoms with van der Waals surface area (Å²) < 4.78 is 28.9. The first-order valence-corrected chi connectivity index (χ1v) is 10.0. The van der Waals surface area contributed by atoms with Gasteiger partial charge in [-0.1, -0.05) is 17.3 Å². The highest BCUT2D eigenvalue weighted by Gasteiger charge is 2.33. The molecule has 9 heteroatoms. The molecule has 0 bridgehead atoms. The van der Waals surface area contributed by atoms with Crippen LogP contribution in [0.25, 0.3) is 0 Å². The van der Waals surface area contributed by atoms with Crippen molar-refractivity contribution >= 4 is 6.03 Å². The van der Waals surface area contributed by atoms with E-state index >= 15 is 0 Å². The van der Waals surface area contributed by atoms with Crippen LogP contribution in [-0.2, 0) is 13.2 Å². The van der Waals surface area contributed by atoms with Crippen LogP contribution in [0.5, 0.6) is 11.5 Å². The van der Waals surface area contributed by atoms with Gasteiger partial charge >= 0.3 is 6.03 Å². The van der Waals surface area contributed by atoms with Gasteiger partial charge in [0.25, 0.3) is 5.89 Å². The molecule has 1 N–H and O–H groups in total. The fourth-order valence-corrected chi connectivity index (χ4v) is 3.44. The van der Waals surface area contributed by atoms with E-state index in [4.69, 9.17) is 14.0 Å². The average Bonchev–Trinajstić information content (AvgIpc) is 3.47. The first-order chi connectivity index (χ1) is 15.1. The first-order valence-electron chi connectivity index (χ1n) is 10.0. The van der Waals surface area contributed by atoms with Crippen molar-refractivity contribution in [1.29, 1.82) is 0 Å². The van der Waals surface area contributed by atoms with E-state index in [9.17, 15) is 9.18 Å². The van der Waals surface area contributed by atoms with Crippen LogP contribution in [0, 0.1) is 5.82 Å². The number of carbonyl (C=O) groups is 1. The molecule has 1 aliphatic rings. The van der Waals surface area contributed by atoms with Crippen molar-refractivity contribution in [2.24, 2.45) is 0 Å². The van der Waals surface area contributed by atoms with Crippen molar-refractivity contribution in [2.45, 2.75) is 32.0 Å². The van der Waals surface area contributed by atoms with Crippen LogP contribution < -0.4 is 14.8 Å². The van der Waals surface area contributed by atoms with Gasteiger partial charge in [0, 0.05) is 13.1 Å². The SMILES string of the molecule is COc1ccc(CNC(=O)N2CCCC2c2noc(COc3ccc(F)cc3)n2)cc1. The topological polar surface area (TPSA) is 89.7 Å². The average molecular weight is 426 g/mol. The highest BCUT2D eigenvalue weighted by molar-refractivity contribution is 5.75. The van der Waals surface area contributed by atoms with Crippen LogP contribution in [0.3, 0.4) is 0 Å². The monoisotopic (exact) mass is 426 g/mol. The van der Waals surface area contributed by atoms with Gasteiger partial charge in [-0.05, 0) is 54.8 Å². The molecular weight excluding hydrogens is 403 g/mol. The number of amides is 2. The summed E-state index contributed by atoms with van der Waals surface area (Å²) in [5, 5.41) is 6.97. The van der Waals surface area contributed by atoms with E-state index in [0.717, 1.165) is 24.2 Å². The Morgan fingerprint density at radius 2 is 1.94 bits per heavy atom. The zero-order valence-corrected chi connectivity index (χ0v) is 17.1. The summed E-state index contributed by atoms with van der Waals surface area (Å²) in [5.41, 5.74) is 0.977. The second-order valence-corrected chi connectivity index (χ2v) is 7.15. The second kappa shape index (κ2) is 9.46. The molecule has 4 rings (SSSR count). The fourth-order valence-electron chi connectivity index (χ4n) is 3.44. The summed E-state index contributed by atoms with van der Waals surface area (Å²) in [7, 11) is 1.61. The van der Waals surface area contributed by atoms with Crippen LogP contribution in [0.4, 0.5) is 9.18 Å². The number of nitrogens with zero attached hydrogens (tertiary/aromatic N) is 3. The normalized spacial score (nSPS) is 15.7. The lowest BCUT2D eigenvalue weighted by Crippen LogP contribution is -2.39. The number of carbonyl (C=O) groups excluding carboxylic acids is 1. The zero-order chi connectivity index (χ0) is 21.6. The van der Waals surface area contributed by atoms with Crippen LogP contribution in [0.15, 0.2) is 53.1 Å². The molecule has 2 aromatic carbocycles. The smallest absolute Gasteiger partial charge is 0.318 e. The lowest BCUT2D eigenvalue weighted by atomic mass is 10.2. The Labute approximate surface area is 179 Å². The largest absolute Gasteiger partial charge is 0.497 e. The quantitative estimate of drug-likeness (QED) is 0.617. The minimum absolute atomic E-state index is 0.0645. The fraction of sp³-hybridized carbons (Fsp3) is 0.318. The third-order valence-electron chi connectivity index (χ3n) is 5.07. The Balaban J connectivity index is 1.33. The Hall–Kier alpha value is -3.62. The van der Waals surface area contributed by atoms with Crippen molar-refractivity contribution in [3.05, 3.63) is 71.6 Å². The highest BCUT2D eigenvalue weighted by atomic mass is 19.1. The highest BCUT2D eigenvalue weighted by Crippen LogP contribution is 2.30. The number of halogens is 1. The van der Waals surface area contributed by atoms with Gasteiger partial charge in [-0.2, -0.15) is 4.98 Å². The predicted octanol–water partition coefficient (Wildman–Crippen LogP) is 3.84. The minimum Gasteiger partial charge on any atom is -0.497 e. The molecule has 0 aliphatic carbocycles. The van der Waals surface area contributed by atoms with Gasteiger partial charge in [0.05, 0.1) is 13.2 Å². The number of aromatic nitrogens is 2. The lowest BCUT2D eigenvalue weighted by molar-refractivity contribution is 0.189. The lowest BCUT2D eigenvalue weighted by Gasteiger charge is -2.22. The maximum absolute atomic E-state index is 13.0. The number of ether oxygens (including phenoxy) is 2. The minimum atomic E-state index is -0.334. The number of methoxy groups -OCH3 is 1. The molecule has 0 spiro atoms. The van der Waals surface area contributed by atoms with Crippen LogP contribution in [-0.4, -0.2) is 34.7 Å². The first kappa shape index (κ1) is 20.6. The van der Waals surface area contributed by atoms with Gasteiger partial charge in [0.15, 0.2) is 12.4 Å². The van der Waals surface area contributed by atoms with Crippen molar-refractivity contribution in [2.75, 3.05) is 13.7 Å². The Bertz CT molecular complexity index is 1010. The van der Waals surface area contributed by atoms with Crippen molar-refractivity contribution in [3.63, 3.8) is 0 Å². The molecular formula is C22H23FN4O4. The van der Waals surface area contributed by atoms with Crippen LogP contribution in [0.1, 0.15) is 36.2 Å². The molecule has 31 heavy (non-hydrogen) atoms. The number of nitrogens with one attached hydrogen (secondary N) is 1. The maximum atomic E-state index is 13.0. The summed E-state index contributed by atoms with van der Waals surface area (Å²) >= 11 is 0. The number of rotatable bonds is 7. The van der Waals surface area contributed by atoms with Gasteiger partial charge in [0.2, 0.25) is 0 Å². The predicted molar refractivity (Wildman–Crippen MR) is 109 cm³/mol. The van der Waals surface area contributed by atoms with Gasteiger partial charge < -0.3 is 24.2 Å². The number of benzene rings is 2. The standard InChI is InChI=1S/C22H23FN4O4/c1-29-17-8-4-15(5-9-17)13-24-22(28)27-12-2-3-19(27)21-25-20(31-26-21)14-30-18-10-6-16(23)7-11-18/h4-11,19H,2-3,12-14H2,1H3,(H,24,28). The molecule has 8 nitrogen and oxygen atoms in total. The van der Waals surface area contributed by atoms with Gasteiger partial charge in [0.1, 0.15) is 17.3 Å². The van der Waals surface area contributed by atoms with Crippen LogP contribution in [0.2, 0.25) is 0 Å². The molecule has 0 saturated carbocycles. The summed E-state index contributed by atoms with van der Waals surface area (Å²) in [5.74, 6) is 1.69. The molecule has 1 fully saturated rings. The van der Waals surface area contributed by atoms with E-state index in [1.54, 1.807) is 12.0 Å². The van der Waals surface area contributed by atoms with E-state index in [0.29, 0.717) is 30.6 Å². The molecule has 162 valence electrons. The number of hydrogen-bond donors (Lipinski definition) is 1. The Kier molecular flexibility index (Phi) is 6.30. The molecule has 1 aromatic heterocycles. The van der Waals surface area contributed by atoms with Crippen molar-refractivity contribution < 1.29 is 23.2 Å². The van der Waals surface area contributed by atoms with E-state index in [1.807, 2.05) is 24.3 Å². The van der Waals surface area contributed by atoms with Gasteiger partial charge in [-0.25, -0.2) is 9.18 Å². The maximum Gasteiger partial charge on any atom is 0.318 e. The van der Waals surface area contributed by atoms with E-state index in [1.165, 1.54) is 24.3 Å².